The monoisotopic (exact) mass is 248 g/mol. The Morgan fingerprint density at radius 2 is 1.94 bits per heavy atom. The SMILES string of the molecule is Cc1cc(C)c(CC2(C(=O)O)CCOC2)c(C)c1. The van der Waals surface area contributed by atoms with Crippen LogP contribution in [0.25, 0.3) is 0 Å². The van der Waals surface area contributed by atoms with E-state index in [1.807, 2.05) is 0 Å². The molecule has 1 unspecified atom stereocenters. The smallest absolute Gasteiger partial charge is 0.312 e. The van der Waals surface area contributed by atoms with Gasteiger partial charge in [-0.3, -0.25) is 4.79 Å². The van der Waals surface area contributed by atoms with Gasteiger partial charge in [0.05, 0.1) is 12.0 Å². The minimum absolute atomic E-state index is 0.328. The van der Waals surface area contributed by atoms with E-state index in [9.17, 15) is 9.90 Å². The Morgan fingerprint density at radius 1 is 1.33 bits per heavy atom. The van der Waals surface area contributed by atoms with Crippen LogP contribution in [0.1, 0.15) is 28.7 Å². The van der Waals surface area contributed by atoms with E-state index in [-0.39, 0.29) is 0 Å². The molecule has 3 heteroatoms. The Hall–Kier alpha value is -1.35. The lowest BCUT2D eigenvalue weighted by Gasteiger charge is -2.24. The first-order chi connectivity index (χ1) is 8.44. The first-order valence-electron chi connectivity index (χ1n) is 6.32. The lowest BCUT2D eigenvalue weighted by Crippen LogP contribution is -2.34. The second kappa shape index (κ2) is 4.73. The molecule has 0 aromatic heterocycles. The molecular formula is C15H20O3. The molecule has 3 nitrogen and oxygen atoms in total. The maximum Gasteiger partial charge on any atom is 0.312 e. The summed E-state index contributed by atoms with van der Waals surface area (Å²) in [7, 11) is 0. The number of ether oxygens (including phenoxy) is 1. The van der Waals surface area contributed by atoms with Crippen molar-refractivity contribution in [2.45, 2.75) is 33.6 Å². The van der Waals surface area contributed by atoms with Crippen molar-refractivity contribution < 1.29 is 14.6 Å². The van der Waals surface area contributed by atoms with E-state index in [4.69, 9.17) is 4.74 Å². The summed E-state index contributed by atoms with van der Waals surface area (Å²) in [5, 5.41) is 9.48. The molecule has 18 heavy (non-hydrogen) atoms. The average molecular weight is 248 g/mol. The summed E-state index contributed by atoms with van der Waals surface area (Å²) >= 11 is 0. The van der Waals surface area contributed by atoms with Crippen LogP contribution >= 0.6 is 0 Å². The van der Waals surface area contributed by atoms with Crippen LogP contribution in [0, 0.1) is 26.2 Å². The van der Waals surface area contributed by atoms with Gasteiger partial charge in [0.1, 0.15) is 0 Å². The summed E-state index contributed by atoms with van der Waals surface area (Å²) < 4.78 is 5.32. The fraction of sp³-hybridized carbons (Fsp3) is 0.533. The number of hydrogen-bond donors (Lipinski definition) is 1. The second-order valence-electron chi connectivity index (χ2n) is 5.44. The Bertz CT molecular complexity index is 448. The van der Waals surface area contributed by atoms with E-state index in [1.54, 1.807) is 0 Å². The maximum absolute atomic E-state index is 11.5. The van der Waals surface area contributed by atoms with E-state index in [0.29, 0.717) is 26.1 Å². The van der Waals surface area contributed by atoms with Gasteiger partial charge in [-0.25, -0.2) is 0 Å². The summed E-state index contributed by atoms with van der Waals surface area (Å²) in [5.74, 6) is -0.737. The fourth-order valence-corrected chi connectivity index (χ4v) is 2.82. The molecular weight excluding hydrogens is 228 g/mol. The number of carboxylic acids is 1. The third-order valence-corrected chi connectivity index (χ3v) is 3.91. The number of carboxylic acid groups (broad SMARTS) is 1. The molecule has 1 atom stereocenters. The Kier molecular flexibility index (Phi) is 3.44. The molecule has 1 aliphatic rings. The van der Waals surface area contributed by atoms with Crippen LogP contribution in [0.4, 0.5) is 0 Å². The van der Waals surface area contributed by atoms with Crippen molar-refractivity contribution in [3.63, 3.8) is 0 Å². The molecule has 1 fully saturated rings. The van der Waals surface area contributed by atoms with Crippen LogP contribution in [-0.4, -0.2) is 24.3 Å². The van der Waals surface area contributed by atoms with Gasteiger partial charge in [0, 0.05) is 6.61 Å². The van der Waals surface area contributed by atoms with Gasteiger partial charge in [-0.05, 0) is 50.3 Å². The van der Waals surface area contributed by atoms with Gasteiger partial charge in [-0.1, -0.05) is 17.7 Å². The van der Waals surface area contributed by atoms with Crippen molar-refractivity contribution in [1.29, 1.82) is 0 Å². The Morgan fingerprint density at radius 3 is 2.39 bits per heavy atom. The van der Waals surface area contributed by atoms with Gasteiger partial charge < -0.3 is 9.84 Å². The quantitative estimate of drug-likeness (QED) is 0.894. The summed E-state index contributed by atoms with van der Waals surface area (Å²) in [6.07, 6.45) is 1.18. The predicted octanol–water partition coefficient (Wildman–Crippen LogP) is 2.65. The van der Waals surface area contributed by atoms with Gasteiger partial charge in [0.2, 0.25) is 0 Å². The lowest BCUT2D eigenvalue weighted by molar-refractivity contribution is -0.148. The molecule has 0 spiro atoms. The number of rotatable bonds is 3. The first kappa shape index (κ1) is 13.1. The van der Waals surface area contributed by atoms with Crippen LogP contribution in [0.3, 0.4) is 0 Å². The van der Waals surface area contributed by atoms with Crippen molar-refractivity contribution >= 4 is 5.97 Å². The van der Waals surface area contributed by atoms with E-state index in [2.05, 4.69) is 32.9 Å². The van der Waals surface area contributed by atoms with Crippen molar-refractivity contribution in [3.8, 4) is 0 Å². The molecule has 0 amide bonds. The molecule has 0 saturated carbocycles. The van der Waals surface area contributed by atoms with Gasteiger partial charge in [-0.2, -0.15) is 0 Å². The Balaban J connectivity index is 2.36. The summed E-state index contributed by atoms with van der Waals surface area (Å²) in [4.78, 5) is 11.5. The van der Waals surface area contributed by atoms with Crippen molar-refractivity contribution in [2.75, 3.05) is 13.2 Å². The maximum atomic E-state index is 11.5. The lowest BCUT2D eigenvalue weighted by atomic mass is 9.78. The van der Waals surface area contributed by atoms with Crippen LogP contribution in [-0.2, 0) is 16.0 Å². The minimum Gasteiger partial charge on any atom is -0.481 e. The molecule has 98 valence electrons. The van der Waals surface area contributed by atoms with Crippen LogP contribution in [0.2, 0.25) is 0 Å². The van der Waals surface area contributed by atoms with E-state index >= 15 is 0 Å². The average Bonchev–Trinajstić information content (AvgIpc) is 2.73. The second-order valence-corrected chi connectivity index (χ2v) is 5.44. The minimum atomic E-state index is -0.737. The first-order valence-corrected chi connectivity index (χ1v) is 6.32. The molecule has 0 aliphatic carbocycles. The summed E-state index contributed by atoms with van der Waals surface area (Å²) in [6.45, 7) is 7.06. The van der Waals surface area contributed by atoms with Crippen molar-refractivity contribution in [1.82, 2.24) is 0 Å². The van der Waals surface area contributed by atoms with Gasteiger partial charge >= 0.3 is 5.97 Å². The third kappa shape index (κ3) is 2.27. The zero-order valence-electron chi connectivity index (χ0n) is 11.2. The molecule has 1 heterocycles. The topological polar surface area (TPSA) is 46.5 Å². The van der Waals surface area contributed by atoms with Gasteiger partial charge in [0.15, 0.2) is 0 Å². The van der Waals surface area contributed by atoms with Crippen LogP contribution in [0.15, 0.2) is 12.1 Å². The largest absolute Gasteiger partial charge is 0.481 e. The van der Waals surface area contributed by atoms with E-state index in [1.165, 1.54) is 16.7 Å². The van der Waals surface area contributed by atoms with Crippen LogP contribution < -0.4 is 0 Å². The zero-order chi connectivity index (χ0) is 13.3. The molecule has 0 bridgehead atoms. The highest BCUT2D eigenvalue weighted by molar-refractivity contribution is 5.76. The van der Waals surface area contributed by atoms with Crippen molar-refractivity contribution in [2.24, 2.45) is 5.41 Å². The standard InChI is InChI=1S/C15H20O3/c1-10-6-11(2)13(12(3)7-10)8-15(14(16)17)4-5-18-9-15/h6-7H,4-5,8-9H2,1-3H3,(H,16,17). The Labute approximate surface area is 108 Å². The number of benzene rings is 1. The number of hydrogen-bond acceptors (Lipinski definition) is 2. The fourth-order valence-electron chi connectivity index (χ4n) is 2.82. The highest BCUT2D eigenvalue weighted by Gasteiger charge is 2.43. The highest BCUT2D eigenvalue weighted by Crippen LogP contribution is 2.35. The van der Waals surface area contributed by atoms with Crippen LogP contribution in [0.5, 0.6) is 0 Å². The molecule has 1 N–H and O–H groups in total. The number of aryl methyl sites for hydroxylation is 3. The zero-order valence-corrected chi connectivity index (χ0v) is 11.2. The van der Waals surface area contributed by atoms with Gasteiger partial charge in [-0.15, -0.1) is 0 Å². The predicted molar refractivity (Wildman–Crippen MR) is 69.9 cm³/mol. The molecule has 1 aromatic rings. The molecule has 1 aromatic carbocycles. The van der Waals surface area contributed by atoms with E-state index in [0.717, 1.165) is 5.56 Å². The molecule has 0 radical (unpaired) electrons. The molecule has 1 saturated heterocycles. The van der Waals surface area contributed by atoms with Gasteiger partial charge in [0.25, 0.3) is 0 Å². The van der Waals surface area contributed by atoms with Crippen molar-refractivity contribution in [3.05, 3.63) is 34.4 Å². The number of aliphatic carboxylic acids is 1. The van der Waals surface area contributed by atoms with E-state index < -0.39 is 11.4 Å². The number of carbonyl (C=O) groups is 1. The summed E-state index contributed by atoms with van der Waals surface area (Å²) in [5.41, 5.74) is 4.01. The highest BCUT2D eigenvalue weighted by atomic mass is 16.5. The molecule has 1 aliphatic heterocycles. The molecule has 2 rings (SSSR count). The third-order valence-electron chi connectivity index (χ3n) is 3.91. The normalized spacial score (nSPS) is 23.3. The summed E-state index contributed by atoms with van der Waals surface area (Å²) in [6, 6.07) is 4.24.